The van der Waals surface area contributed by atoms with E-state index in [0.29, 0.717) is 40.2 Å². The van der Waals surface area contributed by atoms with E-state index in [0.717, 1.165) is 11.1 Å². The molecule has 0 radical (unpaired) electrons. The van der Waals surface area contributed by atoms with E-state index >= 15 is 0 Å². The first-order valence-corrected chi connectivity index (χ1v) is 10.6. The van der Waals surface area contributed by atoms with E-state index in [4.69, 9.17) is 14.2 Å². The number of hydrogen-bond donors (Lipinski definition) is 1. The second-order valence-corrected chi connectivity index (χ2v) is 7.69. The van der Waals surface area contributed by atoms with Crippen molar-refractivity contribution in [2.45, 2.75) is 26.9 Å². The molecule has 0 saturated carbocycles. The Morgan fingerprint density at radius 1 is 1.16 bits per heavy atom. The predicted octanol–water partition coefficient (Wildman–Crippen LogP) is 4.83. The zero-order valence-electron chi connectivity index (χ0n) is 18.0. The number of benzene rings is 2. The lowest BCUT2D eigenvalue weighted by Gasteiger charge is -2.11. The Balaban J connectivity index is 1.69. The number of thiazole rings is 1. The molecule has 1 heterocycles. The van der Waals surface area contributed by atoms with Gasteiger partial charge in [0.2, 0.25) is 5.13 Å². The Hall–Kier alpha value is -3.39. The summed E-state index contributed by atoms with van der Waals surface area (Å²) in [6.07, 6.45) is 2.29. The largest absolute Gasteiger partial charge is 0.493 e. The minimum Gasteiger partial charge on any atom is -0.493 e. The van der Waals surface area contributed by atoms with Crippen LogP contribution in [-0.4, -0.2) is 31.4 Å². The van der Waals surface area contributed by atoms with Crippen molar-refractivity contribution >= 4 is 28.7 Å². The lowest BCUT2D eigenvalue weighted by molar-refractivity contribution is 0.0605. The highest BCUT2D eigenvalue weighted by Crippen LogP contribution is 2.29. The first-order chi connectivity index (χ1) is 15.0. The molecular formula is C23H25N3O4S. The summed E-state index contributed by atoms with van der Waals surface area (Å²) >= 11 is 1.21. The number of methoxy groups -OCH3 is 2. The molecule has 0 aliphatic heterocycles. The molecule has 2 aromatic carbocycles. The van der Waals surface area contributed by atoms with Gasteiger partial charge in [0.1, 0.15) is 11.5 Å². The number of hydrogen-bond acceptors (Lipinski definition) is 8. The van der Waals surface area contributed by atoms with Gasteiger partial charge in [0, 0.05) is 0 Å². The Bertz CT molecular complexity index is 1060. The van der Waals surface area contributed by atoms with Crippen LogP contribution in [0.4, 0.5) is 5.13 Å². The van der Waals surface area contributed by atoms with Crippen LogP contribution in [0, 0.1) is 6.92 Å². The van der Waals surface area contributed by atoms with E-state index < -0.39 is 5.97 Å². The molecule has 0 aliphatic carbocycles. The molecule has 0 bridgehead atoms. The molecule has 31 heavy (non-hydrogen) atoms. The van der Waals surface area contributed by atoms with Crippen molar-refractivity contribution in [2.75, 3.05) is 19.6 Å². The highest BCUT2D eigenvalue weighted by atomic mass is 32.1. The van der Waals surface area contributed by atoms with Crippen LogP contribution >= 0.6 is 11.3 Å². The number of rotatable bonds is 9. The van der Waals surface area contributed by atoms with Gasteiger partial charge in [0.25, 0.3) is 0 Å². The molecule has 0 atom stereocenters. The first kappa shape index (κ1) is 22.3. The van der Waals surface area contributed by atoms with Crippen LogP contribution in [-0.2, 0) is 17.8 Å². The number of aryl methyl sites for hydroxylation is 2. The highest BCUT2D eigenvalue weighted by Gasteiger charge is 2.17. The number of aromatic nitrogens is 1. The number of nitrogens with one attached hydrogen (secondary N) is 1. The van der Waals surface area contributed by atoms with E-state index in [2.05, 4.69) is 34.6 Å². The van der Waals surface area contributed by atoms with Crippen molar-refractivity contribution in [3.05, 3.63) is 69.7 Å². The summed E-state index contributed by atoms with van der Waals surface area (Å²) < 4.78 is 16.2. The molecule has 0 fully saturated rings. The van der Waals surface area contributed by atoms with E-state index in [1.807, 2.05) is 37.3 Å². The molecule has 0 spiro atoms. The fraction of sp³-hybridized carbons (Fsp3) is 0.261. The summed E-state index contributed by atoms with van der Waals surface area (Å²) in [5.41, 5.74) is 6.67. The van der Waals surface area contributed by atoms with Gasteiger partial charge in [-0.3, -0.25) is 5.43 Å². The van der Waals surface area contributed by atoms with Gasteiger partial charge < -0.3 is 14.2 Å². The third kappa shape index (κ3) is 5.82. The zero-order valence-corrected chi connectivity index (χ0v) is 18.8. The first-order valence-electron chi connectivity index (χ1n) is 9.77. The third-order valence-corrected chi connectivity index (χ3v) is 5.46. The monoisotopic (exact) mass is 439 g/mol. The van der Waals surface area contributed by atoms with Crippen molar-refractivity contribution in [3.63, 3.8) is 0 Å². The van der Waals surface area contributed by atoms with Crippen LogP contribution in [0.3, 0.4) is 0 Å². The number of esters is 1. The molecule has 0 aliphatic rings. The van der Waals surface area contributed by atoms with E-state index in [1.54, 1.807) is 13.3 Å². The molecule has 7 nitrogen and oxygen atoms in total. The Labute approximate surface area is 185 Å². The average molecular weight is 440 g/mol. The second-order valence-electron chi connectivity index (χ2n) is 6.69. The van der Waals surface area contributed by atoms with E-state index in [1.165, 1.54) is 24.0 Å². The number of carbonyl (C=O) groups is 1. The third-order valence-electron chi connectivity index (χ3n) is 4.48. The standard InChI is InChI=1S/C23H25N3O4S/c1-5-18-21(22(27)29-4)31-23(25-18)26-24-13-17-10-11-19(28-3)20(12-17)30-14-16-8-6-15(2)7-9-16/h6-13H,5,14H2,1-4H3,(H,25,26)/b24-13-. The van der Waals surface area contributed by atoms with Crippen molar-refractivity contribution in [3.8, 4) is 11.5 Å². The molecule has 3 rings (SSSR count). The highest BCUT2D eigenvalue weighted by molar-refractivity contribution is 7.17. The minimum absolute atomic E-state index is 0.392. The van der Waals surface area contributed by atoms with Gasteiger partial charge in [0.05, 0.1) is 26.1 Å². The van der Waals surface area contributed by atoms with Crippen molar-refractivity contribution in [1.82, 2.24) is 4.98 Å². The van der Waals surface area contributed by atoms with Gasteiger partial charge in [-0.25, -0.2) is 9.78 Å². The maximum absolute atomic E-state index is 11.8. The van der Waals surface area contributed by atoms with Crippen LogP contribution < -0.4 is 14.9 Å². The van der Waals surface area contributed by atoms with Crippen molar-refractivity contribution < 1.29 is 19.0 Å². The summed E-state index contributed by atoms with van der Waals surface area (Å²) in [5.74, 6) is 0.881. The molecule has 0 saturated heterocycles. The van der Waals surface area contributed by atoms with Gasteiger partial charge in [-0.15, -0.1) is 0 Å². The smallest absolute Gasteiger partial charge is 0.350 e. The molecule has 1 aromatic heterocycles. The zero-order chi connectivity index (χ0) is 22.2. The number of hydrazone groups is 1. The SMILES string of the molecule is CCc1nc(N/N=C\c2ccc(OC)c(OCc3ccc(C)cc3)c2)sc1C(=O)OC. The normalized spacial score (nSPS) is 10.8. The number of carbonyl (C=O) groups excluding carboxylic acids is 1. The summed E-state index contributed by atoms with van der Waals surface area (Å²) in [7, 11) is 2.96. The van der Waals surface area contributed by atoms with E-state index in [9.17, 15) is 4.79 Å². The lowest BCUT2D eigenvalue weighted by Crippen LogP contribution is -2.01. The minimum atomic E-state index is -0.392. The topological polar surface area (TPSA) is 82.0 Å². The number of anilines is 1. The fourth-order valence-corrected chi connectivity index (χ4v) is 3.71. The maximum Gasteiger partial charge on any atom is 0.350 e. The quantitative estimate of drug-likeness (QED) is 0.292. The Morgan fingerprint density at radius 3 is 2.61 bits per heavy atom. The fourth-order valence-electron chi connectivity index (χ4n) is 2.79. The molecule has 0 unspecified atom stereocenters. The summed E-state index contributed by atoms with van der Waals surface area (Å²) in [5, 5.41) is 4.76. The predicted molar refractivity (Wildman–Crippen MR) is 123 cm³/mol. The Kier molecular flexibility index (Phi) is 7.61. The molecule has 0 amide bonds. The summed E-state index contributed by atoms with van der Waals surface area (Å²) in [6.45, 7) is 4.42. The maximum atomic E-state index is 11.8. The second kappa shape index (κ2) is 10.6. The summed E-state index contributed by atoms with van der Waals surface area (Å²) in [6, 6.07) is 13.8. The van der Waals surface area contributed by atoms with Gasteiger partial charge in [-0.2, -0.15) is 5.10 Å². The lowest BCUT2D eigenvalue weighted by atomic mass is 10.1. The van der Waals surface area contributed by atoms with Crippen LogP contribution in [0.15, 0.2) is 47.6 Å². The van der Waals surface area contributed by atoms with Crippen LogP contribution in [0.1, 0.15) is 39.0 Å². The van der Waals surface area contributed by atoms with Crippen molar-refractivity contribution in [1.29, 1.82) is 0 Å². The van der Waals surface area contributed by atoms with Gasteiger partial charge in [-0.1, -0.05) is 48.1 Å². The molecule has 8 heteroatoms. The Morgan fingerprint density at radius 2 is 1.94 bits per heavy atom. The van der Waals surface area contributed by atoms with E-state index in [-0.39, 0.29) is 0 Å². The number of ether oxygens (including phenoxy) is 3. The molecular weight excluding hydrogens is 414 g/mol. The average Bonchev–Trinajstić information content (AvgIpc) is 3.21. The molecule has 162 valence electrons. The van der Waals surface area contributed by atoms with Gasteiger partial charge >= 0.3 is 5.97 Å². The van der Waals surface area contributed by atoms with Crippen molar-refractivity contribution in [2.24, 2.45) is 5.10 Å². The van der Waals surface area contributed by atoms with Gasteiger partial charge in [-0.05, 0) is 42.7 Å². The number of nitrogens with zero attached hydrogens (tertiary/aromatic N) is 2. The van der Waals surface area contributed by atoms with Crippen LogP contribution in [0.5, 0.6) is 11.5 Å². The molecule has 1 N–H and O–H groups in total. The summed E-state index contributed by atoms with van der Waals surface area (Å²) in [4.78, 5) is 16.7. The van der Waals surface area contributed by atoms with Crippen LogP contribution in [0.2, 0.25) is 0 Å². The van der Waals surface area contributed by atoms with Gasteiger partial charge in [0.15, 0.2) is 11.5 Å². The van der Waals surface area contributed by atoms with Crippen LogP contribution in [0.25, 0.3) is 0 Å². The molecule has 3 aromatic rings.